The molecule has 0 bridgehead atoms. The van der Waals surface area contributed by atoms with E-state index in [2.05, 4.69) is 11.4 Å². The maximum atomic E-state index is 12.0. The second-order valence-electron chi connectivity index (χ2n) is 9.22. The van der Waals surface area contributed by atoms with Crippen molar-refractivity contribution in [2.45, 2.75) is 115 Å². The van der Waals surface area contributed by atoms with Gasteiger partial charge in [0.2, 0.25) is 0 Å². The van der Waals surface area contributed by atoms with Crippen molar-refractivity contribution in [3.05, 3.63) is 0 Å². The van der Waals surface area contributed by atoms with Crippen molar-refractivity contribution in [3.63, 3.8) is 0 Å². The zero-order valence-electron chi connectivity index (χ0n) is 22.4. The summed E-state index contributed by atoms with van der Waals surface area (Å²) in [5.74, 6) is -0.980. The molecule has 0 spiro atoms. The Kier molecular flexibility index (Phi) is 22.7. The quantitative estimate of drug-likeness (QED) is 0.0959. The third kappa shape index (κ3) is 22.3. The summed E-state index contributed by atoms with van der Waals surface area (Å²) in [7, 11) is -3.02. The highest BCUT2D eigenvalue weighted by Crippen LogP contribution is 2.43. The normalized spacial score (nSPS) is 14.9. The molecule has 214 valence electrons. The van der Waals surface area contributed by atoms with E-state index in [0.717, 1.165) is 38.5 Å². The van der Waals surface area contributed by atoms with Gasteiger partial charge in [0, 0.05) is 26.6 Å². The number of hydrogen-bond acceptors (Lipinski definition) is 8. The number of rotatable bonds is 27. The summed E-state index contributed by atoms with van der Waals surface area (Å²) >= 11 is 0. The number of hydrogen-bond donors (Lipinski definition) is 3. The van der Waals surface area contributed by atoms with Crippen LogP contribution in [0.5, 0.6) is 0 Å². The third-order valence-corrected chi connectivity index (χ3v) is 6.80. The molecule has 0 aliphatic heterocycles. The smallest absolute Gasteiger partial charge is 0.472 e. The van der Waals surface area contributed by atoms with Crippen LogP contribution in [0.1, 0.15) is 103 Å². The summed E-state index contributed by atoms with van der Waals surface area (Å²) < 4.78 is 31.8. The number of carboxylic acids is 1. The molecule has 0 aliphatic carbocycles. The average molecular weight is 540 g/mol. The molecule has 36 heavy (non-hydrogen) atoms. The number of phosphoric ester groups is 1. The van der Waals surface area contributed by atoms with Crippen molar-refractivity contribution >= 4 is 19.6 Å². The molecule has 0 fully saturated rings. The van der Waals surface area contributed by atoms with E-state index in [9.17, 15) is 19.0 Å². The Bertz CT molecular complexity index is 606. The average Bonchev–Trinajstić information content (AvgIpc) is 2.84. The molecule has 0 aromatic rings. The number of carbonyl (C=O) groups excluding carboxylic acids is 1. The van der Waals surface area contributed by atoms with Gasteiger partial charge in [0.1, 0.15) is 17.9 Å². The molecule has 0 amide bonds. The molecule has 10 nitrogen and oxygen atoms in total. The predicted molar refractivity (Wildman–Crippen MR) is 139 cm³/mol. The standard InChI is InChI=1S/C25H50NO9P/c1-3-4-5-6-7-8-9-10-13-16-22(27)17-14-11-12-15-18-33-19-23(32-2)20-34-36(30,31)35-21-24(26)25(28)29/h23-24H,3-21,26H2,1-2H3,(H,28,29)(H,30,31)/t23?,24-/m0/s1. The molecule has 11 heteroatoms. The van der Waals surface area contributed by atoms with Crippen LogP contribution >= 0.6 is 7.82 Å². The van der Waals surface area contributed by atoms with Crippen LogP contribution < -0.4 is 5.73 Å². The van der Waals surface area contributed by atoms with Gasteiger partial charge in [-0.2, -0.15) is 0 Å². The minimum atomic E-state index is -4.44. The number of ketones is 1. The number of ether oxygens (including phenoxy) is 2. The maximum Gasteiger partial charge on any atom is 0.472 e. The van der Waals surface area contributed by atoms with E-state index in [0.29, 0.717) is 25.2 Å². The summed E-state index contributed by atoms with van der Waals surface area (Å²) in [6.07, 6.45) is 15.8. The van der Waals surface area contributed by atoms with E-state index < -0.39 is 32.5 Å². The molecule has 2 unspecified atom stereocenters. The van der Waals surface area contributed by atoms with Crippen LogP contribution in [0.15, 0.2) is 0 Å². The second kappa shape index (κ2) is 23.3. The van der Waals surface area contributed by atoms with E-state index >= 15 is 0 Å². The number of Topliss-reactive ketones (excluding diaryl/α,β-unsaturated/α-hetero) is 1. The zero-order chi connectivity index (χ0) is 27.1. The lowest BCUT2D eigenvalue weighted by atomic mass is 10.0. The van der Waals surface area contributed by atoms with Gasteiger partial charge in [-0.05, 0) is 19.3 Å². The van der Waals surface area contributed by atoms with Gasteiger partial charge in [0.25, 0.3) is 0 Å². The highest BCUT2D eigenvalue weighted by molar-refractivity contribution is 7.47. The SMILES string of the molecule is CCCCCCCCCCCC(=O)CCCCCCOCC(COP(=O)(O)OC[C@H](N)C(=O)O)OC. The summed E-state index contributed by atoms with van der Waals surface area (Å²) in [6.45, 7) is 2.00. The third-order valence-electron chi connectivity index (χ3n) is 5.85. The van der Waals surface area contributed by atoms with E-state index in [4.69, 9.17) is 24.8 Å². The molecule has 3 atom stereocenters. The van der Waals surface area contributed by atoms with E-state index in [1.54, 1.807) is 0 Å². The molecule has 0 aromatic carbocycles. The number of aliphatic carboxylic acids is 1. The van der Waals surface area contributed by atoms with E-state index in [1.807, 2.05) is 0 Å². The fourth-order valence-electron chi connectivity index (χ4n) is 3.50. The van der Waals surface area contributed by atoms with Gasteiger partial charge in [-0.25, -0.2) is 4.57 Å². The molecule has 0 rings (SSSR count). The first-order chi connectivity index (χ1) is 17.2. The molecule has 0 radical (unpaired) electrons. The van der Waals surface area contributed by atoms with Gasteiger partial charge < -0.3 is 25.2 Å². The van der Waals surface area contributed by atoms with Gasteiger partial charge in [-0.15, -0.1) is 0 Å². The first-order valence-corrected chi connectivity index (χ1v) is 14.9. The van der Waals surface area contributed by atoms with Crippen LogP contribution in [0.3, 0.4) is 0 Å². The first-order valence-electron chi connectivity index (χ1n) is 13.4. The van der Waals surface area contributed by atoms with Gasteiger partial charge in [-0.3, -0.25) is 18.6 Å². The van der Waals surface area contributed by atoms with Gasteiger partial charge in [0.05, 0.1) is 19.8 Å². The molecule has 0 heterocycles. The molecule has 0 saturated carbocycles. The fraction of sp³-hybridized carbons (Fsp3) is 0.920. The topological polar surface area (TPSA) is 155 Å². The van der Waals surface area contributed by atoms with E-state index in [1.165, 1.54) is 52.1 Å². The molecule has 0 aliphatic rings. The number of nitrogens with two attached hydrogens (primary N) is 1. The fourth-order valence-corrected chi connectivity index (χ4v) is 4.28. The monoisotopic (exact) mass is 539 g/mol. The van der Waals surface area contributed by atoms with Crippen LogP contribution in [-0.4, -0.2) is 67.4 Å². The molecular formula is C25H50NO9P. The second-order valence-corrected chi connectivity index (χ2v) is 10.7. The summed E-state index contributed by atoms with van der Waals surface area (Å²) in [6, 6.07) is -1.42. The van der Waals surface area contributed by atoms with Crippen molar-refractivity contribution in [1.29, 1.82) is 0 Å². The minimum absolute atomic E-state index is 0.169. The van der Waals surface area contributed by atoms with Gasteiger partial charge in [0.15, 0.2) is 0 Å². The maximum absolute atomic E-state index is 12.0. The van der Waals surface area contributed by atoms with Crippen molar-refractivity contribution in [3.8, 4) is 0 Å². The molecular weight excluding hydrogens is 489 g/mol. The lowest BCUT2D eigenvalue weighted by Gasteiger charge is -2.18. The summed E-state index contributed by atoms with van der Waals surface area (Å²) in [5, 5.41) is 8.66. The number of phosphoric acid groups is 1. The first kappa shape index (κ1) is 35.1. The van der Waals surface area contributed by atoms with Crippen molar-refractivity contribution in [1.82, 2.24) is 0 Å². The van der Waals surface area contributed by atoms with Crippen LogP contribution in [0.2, 0.25) is 0 Å². The Morgan fingerprint density at radius 2 is 1.31 bits per heavy atom. The predicted octanol–water partition coefficient (Wildman–Crippen LogP) is 5.00. The lowest BCUT2D eigenvalue weighted by Crippen LogP contribution is -2.34. The highest BCUT2D eigenvalue weighted by Gasteiger charge is 2.26. The highest BCUT2D eigenvalue weighted by atomic mass is 31.2. The minimum Gasteiger partial charge on any atom is -0.480 e. The van der Waals surface area contributed by atoms with Crippen LogP contribution in [0, 0.1) is 0 Å². The largest absolute Gasteiger partial charge is 0.480 e. The Hall–Kier alpha value is -0.870. The van der Waals surface area contributed by atoms with Crippen molar-refractivity contribution < 1.29 is 42.7 Å². The molecule has 4 N–H and O–H groups in total. The van der Waals surface area contributed by atoms with E-state index in [-0.39, 0.29) is 13.2 Å². The molecule has 0 aromatic heterocycles. The number of carbonyl (C=O) groups is 2. The molecule has 0 saturated heterocycles. The van der Waals surface area contributed by atoms with Crippen molar-refractivity contribution in [2.24, 2.45) is 5.73 Å². The lowest BCUT2D eigenvalue weighted by molar-refractivity contribution is -0.139. The Balaban J connectivity index is 3.64. The zero-order valence-corrected chi connectivity index (χ0v) is 23.3. The van der Waals surface area contributed by atoms with Crippen LogP contribution in [0.25, 0.3) is 0 Å². The summed E-state index contributed by atoms with van der Waals surface area (Å²) in [4.78, 5) is 32.2. The van der Waals surface area contributed by atoms with Gasteiger partial charge >= 0.3 is 13.8 Å². The Labute approximate surface area is 217 Å². The van der Waals surface area contributed by atoms with Crippen molar-refractivity contribution in [2.75, 3.05) is 33.5 Å². The Morgan fingerprint density at radius 3 is 1.83 bits per heavy atom. The van der Waals surface area contributed by atoms with Crippen LogP contribution in [0.4, 0.5) is 0 Å². The number of unbranched alkanes of at least 4 members (excludes halogenated alkanes) is 11. The number of carboxylic acid groups (broad SMARTS) is 1. The Morgan fingerprint density at radius 1 is 0.806 bits per heavy atom. The van der Waals surface area contributed by atoms with Crippen LogP contribution in [-0.2, 0) is 32.7 Å². The number of methoxy groups -OCH3 is 1. The van der Waals surface area contributed by atoms with Gasteiger partial charge in [-0.1, -0.05) is 71.1 Å². The summed E-state index contributed by atoms with van der Waals surface area (Å²) in [5.41, 5.74) is 5.22.